The predicted octanol–water partition coefficient (Wildman–Crippen LogP) is 1.79. The van der Waals surface area contributed by atoms with Crippen molar-refractivity contribution in [1.29, 1.82) is 0 Å². The third-order valence-electron chi connectivity index (χ3n) is 4.11. The fourth-order valence-corrected chi connectivity index (χ4v) is 2.86. The van der Waals surface area contributed by atoms with E-state index in [-0.39, 0.29) is 30.4 Å². The van der Waals surface area contributed by atoms with Crippen molar-refractivity contribution >= 4 is 5.91 Å². The van der Waals surface area contributed by atoms with E-state index >= 15 is 0 Å². The van der Waals surface area contributed by atoms with Crippen LogP contribution >= 0.6 is 0 Å². The second-order valence-electron chi connectivity index (χ2n) is 5.66. The summed E-state index contributed by atoms with van der Waals surface area (Å²) in [5.41, 5.74) is -0.136. The lowest BCUT2D eigenvalue weighted by Crippen LogP contribution is -2.37. The number of aromatic nitrogens is 2. The van der Waals surface area contributed by atoms with Crippen LogP contribution in [0.25, 0.3) is 0 Å². The van der Waals surface area contributed by atoms with Crippen LogP contribution in [-0.2, 0) is 24.2 Å². The van der Waals surface area contributed by atoms with Crippen LogP contribution in [0.15, 0.2) is 24.5 Å². The quantitative estimate of drug-likeness (QED) is 0.902. The highest BCUT2D eigenvalue weighted by molar-refractivity contribution is 5.78. The molecule has 2 aromatic rings. The smallest absolute Gasteiger partial charge is 0.224 e. The number of phenolic OH excluding ortho intramolecular Hbond substituents is 1. The fourth-order valence-electron chi connectivity index (χ4n) is 2.86. The van der Waals surface area contributed by atoms with Crippen LogP contribution in [0.3, 0.4) is 0 Å². The average Bonchev–Trinajstić information content (AvgIpc) is 2.97. The number of benzene rings is 1. The second-order valence-corrected chi connectivity index (χ2v) is 5.66. The molecule has 0 radical (unpaired) electrons. The molecule has 2 heterocycles. The fraction of sp³-hybridized carbons (Fsp3) is 0.375. The molecule has 0 fully saturated rings. The zero-order valence-corrected chi connectivity index (χ0v) is 12.4. The van der Waals surface area contributed by atoms with Crippen LogP contribution in [0.2, 0.25) is 0 Å². The molecular weight excluding hydrogens is 304 g/mol. The number of nitrogens with zero attached hydrogens (tertiary/aromatic N) is 2. The van der Waals surface area contributed by atoms with E-state index in [1.54, 1.807) is 6.20 Å². The Kier molecular flexibility index (Phi) is 4.27. The number of carbonyl (C=O) groups is 1. The monoisotopic (exact) mass is 321 g/mol. The number of carbonyl (C=O) groups excluding carboxylic acids is 1. The number of hydrogen-bond acceptors (Lipinski definition) is 3. The summed E-state index contributed by atoms with van der Waals surface area (Å²) in [6.07, 6.45) is 5.05. The Bertz CT molecular complexity index is 707. The van der Waals surface area contributed by atoms with Gasteiger partial charge in [-0.1, -0.05) is 0 Å². The van der Waals surface area contributed by atoms with Gasteiger partial charge in [-0.05, 0) is 12.8 Å². The molecule has 0 saturated heterocycles. The predicted molar refractivity (Wildman–Crippen MR) is 78.8 cm³/mol. The summed E-state index contributed by atoms with van der Waals surface area (Å²) in [5.74, 6) is -1.38. The second kappa shape index (κ2) is 6.36. The third-order valence-corrected chi connectivity index (χ3v) is 4.11. The summed E-state index contributed by atoms with van der Waals surface area (Å²) in [7, 11) is 0. The van der Waals surface area contributed by atoms with E-state index in [1.807, 2.05) is 10.8 Å². The van der Waals surface area contributed by atoms with E-state index in [0.29, 0.717) is 13.0 Å². The van der Waals surface area contributed by atoms with Crippen molar-refractivity contribution in [3.63, 3.8) is 0 Å². The molecule has 0 aliphatic carbocycles. The van der Waals surface area contributed by atoms with Crippen LogP contribution in [0, 0.1) is 17.6 Å². The molecule has 23 heavy (non-hydrogen) atoms. The molecule has 1 aliphatic heterocycles. The molecular formula is C16H17F2N3O2. The van der Waals surface area contributed by atoms with Gasteiger partial charge in [0.15, 0.2) is 0 Å². The summed E-state index contributed by atoms with van der Waals surface area (Å²) in [4.78, 5) is 16.4. The van der Waals surface area contributed by atoms with Gasteiger partial charge in [-0.3, -0.25) is 4.79 Å². The molecule has 1 atom stereocenters. The Morgan fingerprint density at radius 1 is 1.39 bits per heavy atom. The standard InChI is InChI=1S/C16H17F2N3O2/c17-13-7-11(22)8-14(18)12(13)3-4-20-16(23)10-1-2-15-19-5-6-21(15)9-10/h5-8,10,22H,1-4,9H2,(H,20,23). The van der Waals surface area contributed by atoms with Crippen molar-refractivity contribution < 1.29 is 18.7 Å². The SMILES string of the molecule is O=C(NCCc1c(F)cc(O)cc1F)C1CCc2nccn2C1. The maximum atomic E-state index is 13.6. The maximum absolute atomic E-state index is 13.6. The molecule has 1 amide bonds. The lowest BCUT2D eigenvalue weighted by molar-refractivity contribution is -0.125. The number of rotatable bonds is 4. The Morgan fingerprint density at radius 2 is 2.13 bits per heavy atom. The average molecular weight is 321 g/mol. The minimum absolute atomic E-state index is 0.0345. The summed E-state index contributed by atoms with van der Waals surface area (Å²) in [6.45, 7) is 0.716. The minimum atomic E-state index is -0.808. The van der Waals surface area contributed by atoms with E-state index in [9.17, 15) is 13.6 Å². The van der Waals surface area contributed by atoms with Gasteiger partial charge < -0.3 is 15.0 Å². The van der Waals surface area contributed by atoms with Gasteiger partial charge in [0.05, 0.1) is 5.92 Å². The number of nitrogens with one attached hydrogen (secondary N) is 1. The van der Waals surface area contributed by atoms with Crippen LogP contribution in [0.4, 0.5) is 8.78 Å². The first-order valence-corrected chi connectivity index (χ1v) is 7.49. The van der Waals surface area contributed by atoms with Crippen LogP contribution in [-0.4, -0.2) is 27.1 Å². The van der Waals surface area contributed by atoms with Gasteiger partial charge in [0.25, 0.3) is 0 Å². The number of imidazole rings is 1. The summed E-state index contributed by atoms with van der Waals surface area (Å²) >= 11 is 0. The van der Waals surface area contributed by atoms with Gasteiger partial charge in [-0.15, -0.1) is 0 Å². The van der Waals surface area contributed by atoms with E-state index in [4.69, 9.17) is 5.11 Å². The van der Waals surface area contributed by atoms with Crippen molar-refractivity contribution in [3.8, 4) is 5.75 Å². The zero-order chi connectivity index (χ0) is 16.4. The molecule has 1 aromatic heterocycles. The zero-order valence-electron chi connectivity index (χ0n) is 12.4. The number of aromatic hydroxyl groups is 1. The van der Waals surface area contributed by atoms with Crippen molar-refractivity contribution in [3.05, 3.63) is 47.5 Å². The van der Waals surface area contributed by atoms with Crippen molar-refractivity contribution in [2.24, 2.45) is 5.92 Å². The Balaban J connectivity index is 1.54. The Hall–Kier alpha value is -2.44. The highest BCUT2D eigenvalue weighted by atomic mass is 19.1. The van der Waals surface area contributed by atoms with Crippen LogP contribution in [0.1, 0.15) is 17.8 Å². The number of fused-ring (bicyclic) bond motifs is 1. The molecule has 7 heteroatoms. The Morgan fingerprint density at radius 3 is 2.87 bits per heavy atom. The van der Waals surface area contributed by atoms with E-state index in [2.05, 4.69) is 10.3 Å². The van der Waals surface area contributed by atoms with Gasteiger partial charge >= 0.3 is 0 Å². The molecule has 0 spiro atoms. The number of halogens is 2. The summed E-state index contributed by atoms with van der Waals surface area (Å²) in [5, 5.41) is 11.8. The van der Waals surface area contributed by atoms with Gasteiger partial charge in [-0.25, -0.2) is 13.8 Å². The maximum Gasteiger partial charge on any atom is 0.224 e. The molecule has 1 unspecified atom stereocenters. The summed E-state index contributed by atoms with van der Waals surface area (Å²) < 4.78 is 29.1. The molecule has 3 rings (SSSR count). The highest BCUT2D eigenvalue weighted by Gasteiger charge is 2.24. The first-order chi connectivity index (χ1) is 11.0. The first-order valence-electron chi connectivity index (χ1n) is 7.49. The van der Waals surface area contributed by atoms with Crippen molar-refractivity contribution in [2.45, 2.75) is 25.8 Å². The van der Waals surface area contributed by atoms with Crippen molar-refractivity contribution in [2.75, 3.05) is 6.54 Å². The van der Waals surface area contributed by atoms with Gasteiger partial charge in [0.2, 0.25) is 5.91 Å². The third kappa shape index (κ3) is 3.33. The highest BCUT2D eigenvalue weighted by Crippen LogP contribution is 2.20. The van der Waals surface area contributed by atoms with Gasteiger partial charge in [0, 0.05) is 49.6 Å². The molecule has 122 valence electrons. The number of aryl methyl sites for hydroxylation is 1. The van der Waals surface area contributed by atoms with Crippen molar-refractivity contribution in [1.82, 2.24) is 14.9 Å². The van der Waals surface area contributed by atoms with E-state index in [0.717, 1.165) is 24.4 Å². The number of amides is 1. The van der Waals surface area contributed by atoms with Gasteiger partial charge in [0.1, 0.15) is 23.2 Å². The van der Waals surface area contributed by atoms with Crippen LogP contribution < -0.4 is 5.32 Å². The Labute approximate surface area is 132 Å². The minimum Gasteiger partial charge on any atom is -0.508 e. The van der Waals surface area contributed by atoms with Gasteiger partial charge in [-0.2, -0.15) is 0 Å². The molecule has 0 bridgehead atoms. The first kappa shape index (κ1) is 15.5. The molecule has 5 nitrogen and oxygen atoms in total. The lowest BCUT2D eigenvalue weighted by atomic mass is 9.98. The van der Waals surface area contributed by atoms with Crippen LogP contribution in [0.5, 0.6) is 5.75 Å². The topological polar surface area (TPSA) is 67.2 Å². The molecule has 2 N–H and O–H groups in total. The largest absolute Gasteiger partial charge is 0.508 e. The molecule has 1 aliphatic rings. The molecule has 0 saturated carbocycles. The normalized spacial score (nSPS) is 16.9. The van der Waals surface area contributed by atoms with E-state index < -0.39 is 17.4 Å². The molecule has 1 aromatic carbocycles. The summed E-state index contributed by atoms with van der Waals surface area (Å²) in [6, 6.07) is 1.73. The number of hydrogen-bond donors (Lipinski definition) is 2. The lowest BCUT2D eigenvalue weighted by Gasteiger charge is -2.23. The van der Waals surface area contributed by atoms with E-state index in [1.165, 1.54) is 0 Å². The number of phenols is 1.